The van der Waals surface area contributed by atoms with E-state index in [1.807, 2.05) is 24.3 Å². The highest BCUT2D eigenvalue weighted by atomic mass is 35.5. The Morgan fingerprint density at radius 2 is 1.87 bits per heavy atom. The summed E-state index contributed by atoms with van der Waals surface area (Å²) in [6, 6.07) is 12.2. The monoisotopic (exact) mass is 233 g/mol. The molecule has 0 fully saturated rings. The van der Waals surface area contributed by atoms with Crippen molar-refractivity contribution in [1.82, 2.24) is 4.98 Å². The summed E-state index contributed by atoms with van der Waals surface area (Å²) >= 11 is 7.57. The molecule has 0 atom stereocenters. The Bertz CT molecular complexity index is 563. The summed E-state index contributed by atoms with van der Waals surface area (Å²) in [5.74, 6) is 0. The average molecular weight is 234 g/mol. The van der Waals surface area contributed by atoms with Gasteiger partial charge in [-0.15, -0.1) is 11.3 Å². The van der Waals surface area contributed by atoms with E-state index in [0.29, 0.717) is 0 Å². The highest BCUT2D eigenvalue weighted by Gasteiger charge is 2.03. The van der Waals surface area contributed by atoms with E-state index in [-0.39, 0.29) is 0 Å². The standard InChI is InChI=1S/C12H8ClNS/c13-10-3-1-8(2-4-10)11-7-9-5-6-15-12(9)14-11/h1-7,14H. The second-order valence-corrected chi connectivity index (χ2v) is 4.75. The van der Waals surface area contributed by atoms with Gasteiger partial charge in [0.2, 0.25) is 0 Å². The van der Waals surface area contributed by atoms with Crippen LogP contribution in [0.5, 0.6) is 0 Å². The van der Waals surface area contributed by atoms with Crippen LogP contribution in [0.15, 0.2) is 41.8 Å². The van der Waals surface area contributed by atoms with Crippen molar-refractivity contribution in [3.63, 3.8) is 0 Å². The lowest BCUT2D eigenvalue weighted by Gasteiger charge is -1.96. The third-order valence-corrected chi connectivity index (χ3v) is 3.50. The van der Waals surface area contributed by atoms with E-state index in [2.05, 4.69) is 22.5 Å². The molecule has 0 aliphatic carbocycles. The second kappa shape index (κ2) is 3.40. The van der Waals surface area contributed by atoms with Crippen LogP contribution >= 0.6 is 22.9 Å². The molecule has 0 aliphatic heterocycles. The Morgan fingerprint density at radius 3 is 2.60 bits per heavy atom. The van der Waals surface area contributed by atoms with Crippen LogP contribution in [0.2, 0.25) is 5.02 Å². The lowest BCUT2D eigenvalue weighted by Crippen LogP contribution is -1.75. The number of hydrogen-bond acceptors (Lipinski definition) is 1. The van der Waals surface area contributed by atoms with Crippen LogP contribution in [0.25, 0.3) is 21.5 Å². The summed E-state index contributed by atoms with van der Waals surface area (Å²) in [6.07, 6.45) is 0. The van der Waals surface area contributed by atoms with Crippen molar-refractivity contribution in [2.24, 2.45) is 0 Å². The number of aromatic nitrogens is 1. The first-order valence-electron chi connectivity index (χ1n) is 4.65. The molecule has 3 heteroatoms. The second-order valence-electron chi connectivity index (χ2n) is 3.39. The van der Waals surface area contributed by atoms with Gasteiger partial charge in [-0.1, -0.05) is 23.7 Å². The molecule has 0 spiro atoms. The number of aromatic amines is 1. The molecule has 74 valence electrons. The quantitative estimate of drug-likeness (QED) is 0.635. The molecule has 15 heavy (non-hydrogen) atoms. The van der Waals surface area contributed by atoms with Crippen molar-refractivity contribution in [2.45, 2.75) is 0 Å². The maximum absolute atomic E-state index is 5.85. The van der Waals surface area contributed by atoms with Gasteiger partial charge in [0.1, 0.15) is 4.83 Å². The van der Waals surface area contributed by atoms with E-state index in [9.17, 15) is 0 Å². The number of nitrogens with one attached hydrogen (secondary N) is 1. The number of thiophene rings is 1. The first kappa shape index (κ1) is 9.01. The lowest BCUT2D eigenvalue weighted by molar-refractivity contribution is 1.47. The van der Waals surface area contributed by atoms with E-state index in [1.165, 1.54) is 15.8 Å². The molecule has 2 heterocycles. The Balaban J connectivity index is 2.13. The van der Waals surface area contributed by atoms with Crippen LogP contribution < -0.4 is 0 Å². The Hall–Kier alpha value is -1.25. The number of halogens is 1. The van der Waals surface area contributed by atoms with Gasteiger partial charge in [0.15, 0.2) is 0 Å². The SMILES string of the molecule is Clc1ccc(-c2cc3ccsc3[nH]2)cc1. The number of benzene rings is 1. The molecule has 0 amide bonds. The minimum atomic E-state index is 0.770. The van der Waals surface area contributed by atoms with Gasteiger partial charge >= 0.3 is 0 Å². The topological polar surface area (TPSA) is 15.8 Å². The molecule has 2 aromatic heterocycles. The molecule has 0 unspecified atom stereocenters. The molecule has 1 N–H and O–H groups in total. The van der Waals surface area contributed by atoms with Gasteiger partial charge in [-0.05, 0) is 35.2 Å². The van der Waals surface area contributed by atoms with Crippen molar-refractivity contribution in [1.29, 1.82) is 0 Å². The van der Waals surface area contributed by atoms with E-state index in [0.717, 1.165) is 10.7 Å². The fourth-order valence-electron chi connectivity index (χ4n) is 1.63. The molecular weight excluding hydrogens is 226 g/mol. The fraction of sp³-hybridized carbons (Fsp3) is 0. The predicted octanol–water partition coefficient (Wildman–Crippen LogP) is 4.55. The van der Waals surface area contributed by atoms with Gasteiger partial charge in [-0.25, -0.2) is 0 Å². The molecule has 0 saturated carbocycles. The van der Waals surface area contributed by atoms with Gasteiger partial charge in [-0.2, -0.15) is 0 Å². The third-order valence-electron chi connectivity index (χ3n) is 2.40. The number of fused-ring (bicyclic) bond motifs is 1. The third kappa shape index (κ3) is 1.56. The minimum absolute atomic E-state index is 0.770. The molecule has 0 aliphatic rings. The average Bonchev–Trinajstić information content (AvgIpc) is 2.78. The van der Waals surface area contributed by atoms with Crippen LogP contribution in [-0.2, 0) is 0 Å². The number of H-pyrrole nitrogens is 1. The zero-order valence-corrected chi connectivity index (χ0v) is 9.40. The van der Waals surface area contributed by atoms with Crippen molar-refractivity contribution >= 4 is 33.2 Å². The minimum Gasteiger partial charge on any atom is -0.346 e. The van der Waals surface area contributed by atoms with Crippen LogP contribution in [0.3, 0.4) is 0 Å². The van der Waals surface area contributed by atoms with Gasteiger partial charge < -0.3 is 4.98 Å². The summed E-state index contributed by atoms with van der Waals surface area (Å²) in [5, 5.41) is 4.13. The van der Waals surface area contributed by atoms with Gasteiger partial charge in [0, 0.05) is 16.1 Å². The predicted molar refractivity (Wildman–Crippen MR) is 66.6 cm³/mol. The van der Waals surface area contributed by atoms with E-state index < -0.39 is 0 Å². The Kier molecular flexibility index (Phi) is 2.04. The summed E-state index contributed by atoms with van der Waals surface area (Å²) in [4.78, 5) is 4.61. The van der Waals surface area contributed by atoms with Gasteiger partial charge in [0.05, 0.1) is 0 Å². The molecule has 0 bridgehead atoms. The highest BCUT2D eigenvalue weighted by Crippen LogP contribution is 2.27. The number of hydrogen-bond donors (Lipinski definition) is 1. The Morgan fingerprint density at radius 1 is 1.07 bits per heavy atom. The first-order valence-corrected chi connectivity index (χ1v) is 5.91. The molecule has 0 saturated heterocycles. The molecular formula is C12H8ClNS. The summed E-state index contributed by atoms with van der Waals surface area (Å²) in [6.45, 7) is 0. The first-order chi connectivity index (χ1) is 7.33. The van der Waals surface area contributed by atoms with Crippen molar-refractivity contribution in [3.8, 4) is 11.3 Å². The molecule has 1 aromatic carbocycles. The van der Waals surface area contributed by atoms with Crippen molar-refractivity contribution < 1.29 is 0 Å². The van der Waals surface area contributed by atoms with E-state index in [4.69, 9.17) is 11.6 Å². The fourth-order valence-corrected chi connectivity index (χ4v) is 2.54. The Labute approximate surface area is 96.3 Å². The van der Waals surface area contributed by atoms with Crippen LogP contribution in [0, 0.1) is 0 Å². The molecule has 0 radical (unpaired) electrons. The maximum atomic E-state index is 5.85. The van der Waals surface area contributed by atoms with E-state index in [1.54, 1.807) is 11.3 Å². The smallest absolute Gasteiger partial charge is 0.100 e. The van der Waals surface area contributed by atoms with E-state index >= 15 is 0 Å². The zero-order valence-electron chi connectivity index (χ0n) is 7.83. The van der Waals surface area contributed by atoms with Gasteiger partial charge in [0.25, 0.3) is 0 Å². The highest BCUT2D eigenvalue weighted by molar-refractivity contribution is 7.16. The van der Waals surface area contributed by atoms with Crippen LogP contribution in [0.1, 0.15) is 0 Å². The number of rotatable bonds is 1. The van der Waals surface area contributed by atoms with Crippen molar-refractivity contribution in [3.05, 3.63) is 46.8 Å². The molecule has 1 nitrogen and oxygen atoms in total. The lowest BCUT2D eigenvalue weighted by atomic mass is 10.1. The van der Waals surface area contributed by atoms with Crippen LogP contribution in [-0.4, -0.2) is 4.98 Å². The normalized spacial score (nSPS) is 11.0. The largest absolute Gasteiger partial charge is 0.346 e. The zero-order chi connectivity index (χ0) is 10.3. The molecule has 3 rings (SSSR count). The van der Waals surface area contributed by atoms with Crippen LogP contribution in [0.4, 0.5) is 0 Å². The maximum Gasteiger partial charge on any atom is 0.100 e. The summed E-state index contributed by atoms with van der Waals surface area (Å²) in [5.41, 5.74) is 2.32. The summed E-state index contributed by atoms with van der Waals surface area (Å²) < 4.78 is 0. The van der Waals surface area contributed by atoms with Crippen molar-refractivity contribution in [2.75, 3.05) is 0 Å². The molecule has 3 aromatic rings. The summed E-state index contributed by atoms with van der Waals surface area (Å²) in [7, 11) is 0. The van der Waals surface area contributed by atoms with Gasteiger partial charge in [-0.3, -0.25) is 0 Å².